The van der Waals surface area contributed by atoms with Crippen molar-refractivity contribution in [3.05, 3.63) is 58.9 Å². The van der Waals surface area contributed by atoms with Crippen molar-refractivity contribution in [2.45, 2.75) is 94.4 Å². The third-order valence-corrected chi connectivity index (χ3v) is 5.36. The summed E-state index contributed by atoms with van der Waals surface area (Å²) in [6.07, 6.45) is 5.76. The number of halogens is 2. The van der Waals surface area contributed by atoms with Crippen LogP contribution >= 0.6 is 0 Å². The average Bonchev–Trinajstić information content (AvgIpc) is 3.00. The van der Waals surface area contributed by atoms with Crippen LogP contribution in [0.2, 0.25) is 0 Å². The van der Waals surface area contributed by atoms with Crippen LogP contribution in [0.3, 0.4) is 0 Å². The van der Waals surface area contributed by atoms with E-state index in [1.165, 1.54) is 11.6 Å². The van der Waals surface area contributed by atoms with E-state index in [9.17, 15) is 13.6 Å². The molecule has 0 spiro atoms. The molecule has 0 aromatic heterocycles. The molecule has 0 radical (unpaired) electrons. The summed E-state index contributed by atoms with van der Waals surface area (Å²) in [4.78, 5) is 20.0. The lowest BCUT2D eigenvalue weighted by Gasteiger charge is -2.35. The van der Waals surface area contributed by atoms with E-state index < -0.39 is 6.43 Å². The highest BCUT2D eigenvalue weighted by Crippen LogP contribution is 2.27. The lowest BCUT2D eigenvalue weighted by atomic mass is 10.0. The molecule has 0 unspecified atom stereocenters. The van der Waals surface area contributed by atoms with Crippen LogP contribution in [0.15, 0.2) is 52.8 Å². The second-order valence-corrected chi connectivity index (χ2v) is 7.29. The van der Waals surface area contributed by atoms with E-state index in [-0.39, 0.29) is 5.56 Å². The molecule has 1 amide bonds. The molecule has 1 aromatic carbocycles. The fourth-order valence-corrected chi connectivity index (χ4v) is 3.61. The number of hydrogen-bond acceptors (Lipinski definition) is 4. The van der Waals surface area contributed by atoms with E-state index in [2.05, 4.69) is 30.9 Å². The first-order valence-electron chi connectivity index (χ1n) is 14.3. The van der Waals surface area contributed by atoms with Gasteiger partial charge in [0.05, 0.1) is 5.71 Å². The summed E-state index contributed by atoms with van der Waals surface area (Å²) in [5.41, 5.74) is 2.38. The number of carbonyl (C=O) groups excluding carboxylic acids is 1. The Balaban J connectivity index is -0.00000140. The Morgan fingerprint density at radius 3 is 1.92 bits per heavy atom. The molecule has 0 atom stereocenters. The first kappa shape index (κ1) is 40.0. The quantitative estimate of drug-likeness (QED) is 0.185. The van der Waals surface area contributed by atoms with Crippen LogP contribution in [-0.2, 0) is 4.79 Å². The number of piperazine rings is 1. The normalized spacial score (nSPS) is 13.6. The topological polar surface area (TPSA) is 56.1 Å². The van der Waals surface area contributed by atoms with E-state index in [0.717, 1.165) is 38.6 Å². The first-order chi connectivity index (χ1) is 18.5. The number of allylic oxidation sites excluding steroid dienone is 3. The number of aliphatic hydroxyl groups excluding tert-OH is 1. The summed E-state index contributed by atoms with van der Waals surface area (Å²) in [6.45, 7) is 20.8. The molecule has 38 heavy (non-hydrogen) atoms. The third kappa shape index (κ3) is 14.4. The van der Waals surface area contributed by atoms with E-state index in [0.29, 0.717) is 43.9 Å². The molecular formula is C31H55F2N3O2. The van der Waals surface area contributed by atoms with E-state index in [4.69, 9.17) is 10.1 Å². The van der Waals surface area contributed by atoms with Crippen molar-refractivity contribution >= 4 is 12.1 Å². The molecule has 5 nitrogen and oxygen atoms in total. The zero-order chi connectivity index (χ0) is 29.9. The average molecular weight is 540 g/mol. The highest BCUT2D eigenvalue weighted by Gasteiger charge is 2.22. The Bertz CT molecular complexity index is 785. The number of nitrogens with zero attached hydrogens (tertiary/aromatic N) is 3. The van der Waals surface area contributed by atoms with Gasteiger partial charge in [0.25, 0.3) is 6.43 Å². The fraction of sp³-hybridized carbons (Fsp3) is 0.613. The van der Waals surface area contributed by atoms with Gasteiger partial charge in [0.15, 0.2) is 0 Å². The largest absolute Gasteiger partial charge is 0.400 e. The number of aliphatic hydroxyl groups is 1. The Kier molecular flexibility index (Phi) is 28.9. The summed E-state index contributed by atoms with van der Waals surface area (Å²) in [6, 6.07) is 6.63. The summed E-state index contributed by atoms with van der Waals surface area (Å²) in [5, 5.41) is 7.00. The monoisotopic (exact) mass is 539 g/mol. The van der Waals surface area contributed by atoms with Crippen LogP contribution in [-0.4, -0.2) is 60.3 Å². The Morgan fingerprint density at radius 2 is 1.47 bits per heavy atom. The van der Waals surface area contributed by atoms with Crippen molar-refractivity contribution in [1.82, 2.24) is 9.80 Å². The minimum Gasteiger partial charge on any atom is -0.400 e. The minimum absolute atomic E-state index is 0.0205. The van der Waals surface area contributed by atoms with Crippen LogP contribution in [0, 0.1) is 0 Å². The Labute approximate surface area is 232 Å². The predicted octanol–water partition coefficient (Wildman–Crippen LogP) is 8.26. The maximum atomic E-state index is 13.6. The minimum atomic E-state index is -2.54. The summed E-state index contributed by atoms with van der Waals surface area (Å²) >= 11 is 0. The number of hydrogen-bond donors (Lipinski definition) is 1. The second-order valence-electron chi connectivity index (χ2n) is 7.29. The molecule has 220 valence electrons. The van der Waals surface area contributed by atoms with Gasteiger partial charge in [0.1, 0.15) is 5.82 Å². The zero-order valence-corrected chi connectivity index (χ0v) is 25.7. The predicted molar refractivity (Wildman–Crippen MR) is 161 cm³/mol. The molecule has 0 aliphatic carbocycles. The van der Waals surface area contributed by atoms with Crippen LogP contribution in [0.4, 0.5) is 8.78 Å². The van der Waals surface area contributed by atoms with Crippen molar-refractivity contribution < 1.29 is 18.7 Å². The molecular weight excluding hydrogens is 484 g/mol. The van der Waals surface area contributed by atoms with Crippen molar-refractivity contribution in [3.8, 4) is 0 Å². The summed E-state index contributed by atoms with van der Waals surface area (Å²) in [7, 11) is 1.00. The van der Waals surface area contributed by atoms with Crippen LogP contribution in [0.1, 0.15) is 106 Å². The number of aliphatic imine (C=N–C) groups is 1. The lowest BCUT2D eigenvalue weighted by molar-refractivity contribution is -0.119. The van der Waals surface area contributed by atoms with Crippen molar-refractivity contribution in [2.24, 2.45) is 4.99 Å². The number of carbonyl (C=O) groups is 1. The fourth-order valence-electron chi connectivity index (χ4n) is 3.61. The Morgan fingerprint density at radius 1 is 0.921 bits per heavy atom. The lowest BCUT2D eigenvalue weighted by Crippen LogP contribution is -2.45. The number of alkyl halides is 2. The van der Waals surface area contributed by atoms with Gasteiger partial charge in [-0.25, -0.2) is 13.8 Å². The van der Waals surface area contributed by atoms with E-state index in [1.807, 2.05) is 48.5 Å². The van der Waals surface area contributed by atoms with Crippen molar-refractivity contribution in [1.29, 1.82) is 0 Å². The van der Waals surface area contributed by atoms with Gasteiger partial charge in [0, 0.05) is 44.4 Å². The SMILES string of the molecule is CC.CC.CC.CC/C=C\C/C(CC)=C(\N=C(/CC)c1ccccc1C(F)F)N1CCN(C=O)CC1.CO. The van der Waals surface area contributed by atoms with Gasteiger partial charge in [-0.1, -0.05) is 98.7 Å². The van der Waals surface area contributed by atoms with Gasteiger partial charge in [-0.2, -0.15) is 0 Å². The van der Waals surface area contributed by atoms with Gasteiger partial charge in [0.2, 0.25) is 6.41 Å². The maximum Gasteiger partial charge on any atom is 0.264 e. The standard InChI is InChI=1S/C24H33F2N3O.3C2H6.CH4O/c1-4-7-8-11-19(5-2)24(29-16-14-28(18-30)15-17-29)27-22(6-3)20-12-9-10-13-21(20)23(25)26;4*1-2/h7-10,12-13,18,23H,4-6,11,14-17H2,1-3H3;3*1-2H3;2H,1H3/b8-7-,24-19+,27-22+;;;;. The number of benzene rings is 1. The molecule has 1 fully saturated rings. The third-order valence-electron chi connectivity index (χ3n) is 5.36. The van der Waals surface area contributed by atoms with E-state index >= 15 is 0 Å². The summed E-state index contributed by atoms with van der Waals surface area (Å²) in [5.74, 6) is 0.865. The van der Waals surface area contributed by atoms with Crippen LogP contribution in [0.25, 0.3) is 0 Å². The molecule has 2 rings (SSSR count). The highest BCUT2D eigenvalue weighted by atomic mass is 19.3. The molecule has 1 aliphatic heterocycles. The van der Waals surface area contributed by atoms with Gasteiger partial charge in [-0.05, 0) is 31.3 Å². The number of rotatable bonds is 10. The van der Waals surface area contributed by atoms with Crippen molar-refractivity contribution in [2.75, 3.05) is 33.3 Å². The molecule has 1 aliphatic rings. The first-order valence-corrected chi connectivity index (χ1v) is 14.3. The number of amides is 1. The van der Waals surface area contributed by atoms with Gasteiger partial charge in [-0.15, -0.1) is 0 Å². The van der Waals surface area contributed by atoms with Crippen LogP contribution in [0.5, 0.6) is 0 Å². The second kappa shape index (κ2) is 27.5. The van der Waals surface area contributed by atoms with Gasteiger partial charge >= 0.3 is 0 Å². The van der Waals surface area contributed by atoms with Crippen LogP contribution < -0.4 is 0 Å². The maximum absolute atomic E-state index is 13.6. The van der Waals surface area contributed by atoms with E-state index in [1.54, 1.807) is 23.1 Å². The zero-order valence-electron chi connectivity index (χ0n) is 25.7. The Hall–Kier alpha value is -2.54. The molecule has 1 aromatic rings. The molecule has 0 bridgehead atoms. The smallest absolute Gasteiger partial charge is 0.264 e. The molecule has 7 heteroatoms. The molecule has 1 heterocycles. The molecule has 1 N–H and O–H groups in total. The van der Waals surface area contributed by atoms with Gasteiger partial charge in [-0.3, -0.25) is 4.79 Å². The van der Waals surface area contributed by atoms with Gasteiger partial charge < -0.3 is 14.9 Å². The van der Waals surface area contributed by atoms with Crippen molar-refractivity contribution in [3.63, 3.8) is 0 Å². The molecule has 1 saturated heterocycles. The summed E-state index contributed by atoms with van der Waals surface area (Å²) < 4.78 is 27.2. The molecule has 0 saturated carbocycles. The highest BCUT2D eigenvalue weighted by molar-refractivity contribution is 6.02.